The number of carbonyl (C=O) groups excluding carboxylic acids is 2. The summed E-state index contributed by atoms with van der Waals surface area (Å²) in [6.45, 7) is 0.209. The lowest BCUT2D eigenvalue weighted by molar-refractivity contribution is -0.128. The molecule has 178 valence electrons. The summed E-state index contributed by atoms with van der Waals surface area (Å²) in [5.74, 6) is -1.51. The third-order valence-corrected chi connectivity index (χ3v) is 6.83. The molecule has 0 aromatic heterocycles. The zero-order chi connectivity index (χ0) is 24.4. The summed E-state index contributed by atoms with van der Waals surface area (Å²) in [4.78, 5) is 28.8. The molecule has 0 unspecified atom stereocenters. The maximum atomic E-state index is 13.0. The first-order chi connectivity index (χ1) is 15.6. The lowest BCUT2D eigenvalue weighted by Crippen LogP contribution is -2.53. The summed E-state index contributed by atoms with van der Waals surface area (Å²) in [5.41, 5.74) is 16.9. The van der Waals surface area contributed by atoms with E-state index in [9.17, 15) is 18.0 Å². The monoisotopic (exact) mass is 586 g/mol. The van der Waals surface area contributed by atoms with E-state index in [1.165, 1.54) is 12.1 Å². The number of nitrogens with one attached hydrogen (secondary N) is 2. The molecule has 0 saturated heterocycles. The Morgan fingerprint density at radius 1 is 0.970 bits per heavy atom. The minimum atomic E-state index is -4.01. The highest BCUT2D eigenvalue weighted by Crippen LogP contribution is 2.14. The molecule has 10 nitrogen and oxygen atoms in total. The van der Waals surface area contributed by atoms with Crippen molar-refractivity contribution in [3.05, 3.63) is 63.7 Å². The number of hydrogen-bond donors (Lipinski definition) is 5. The number of primary amides is 1. The van der Waals surface area contributed by atoms with Crippen molar-refractivity contribution in [1.29, 1.82) is 0 Å². The van der Waals surface area contributed by atoms with Crippen LogP contribution in [0.5, 0.6) is 0 Å². The summed E-state index contributed by atoms with van der Waals surface area (Å²) >= 11 is 2.06. The van der Waals surface area contributed by atoms with Crippen LogP contribution in [0.1, 0.15) is 18.4 Å². The van der Waals surface area contributed by atoms with Crippen molar-refractivity contribution in [2.24, 2.45) is 22.2 Å². The molecule has 2 aromatic carbocycles. The van der Waals surface area contributed by atoms with Gasteiger partial charge in [-0.1, -0.05) is 30.3 Å². The average molecular weight is 586 g/mol. The molecule has 2 atom stereocenters. The Bertz CT molecular complexity index is 1070. The quantitative estimate of drug-likeness (QED) is 0.103. The van der Waals surface area contributed by atoms with Crippen LogP contribution in [0, 0.1) is 3.57 Å². The fourth-order valence-electron chi connectivity index (χ4n) is 2.96. The second kappa shape index (κ2) is 12.5. The molecule has 8 N–H and O–H groups in total. The number of nitrogens with two attached hydrogens (primary N) is 3. The Morgan fingerprint density at radius 2 is 1.61 bits per heavy atom. The minimum absolute atomic E-state index is 0.0145. The number of amides is 2. The van der Waals surface area contributed by atoms with Crippen LogP contribution in [0.2, 0.25) is 0 Å². The predicted octanol–water partition coefficient (Wildman–Crippen LogP) is 0.205. The molecular weight excluding hydrogens is 559 g/mol. The predicted molar refractivity (Wildman–Crippen MR) is 134 cm³/mol. The summed E-state index contributed by atoms with van der Waals surface area (Å²) in [7, 11) is -4.01. The van der Waals surface area contributed by atoms with Gasteiger partial charge < -0.3 is 22.5 Å². The van der Waals surface area contributed by atoms with Gasteiger partial charge in [-0.05, 0) is 65.3 Å². The van der Waals surface area contributed by atoms with Crippen molar-refractivity contribution in [3.8, 4) is 0 Å². The van der Waals surface area contributed by atoms with Gasteiger partial charge in [-0.3, -0.25) is 14.6 Å². The molecule has 0 aliphatic rings. The third kappa shape index (κ3) is 8.98. The topological polar surface area (TPSA) is 183 Å². The fraction of sp³-hybridized carbons (Fsp3) is 0.286. The second-order valence-electron chi connectivity index (χ2n) is 7.23. The van der Waals surface area contributed by atoms with Crippen molar-refractivity contribution < 1.29 is 18.0 Å². The second-order valence-corrected chi connectivity index (χ2v) is 10.2. The largest absolute Gasteiger partial charge is 0.370 e. The molecule has 0 radical (unpaired) electrons. The smallest absolute Gasteiger partial charge is 0.241 e. The number of guanidine groups is 1. The zero-order valence-electron chi connectivity index (χ0n) is 17.8. The molecule has 2 amide bonds. The highest BCUT2D eigenvalue weighted by Gasteiger charge is 2.28. The molecule has 0 aliphatic carbocycles. The molecular formula is C21H27IN6O4S. The van der Waals surface area contributed by atoms with Crippen LogP contribution in [0.4, 0.5) is 0 Å². The highest BCUT2D eigenvalue weighted by atomic mass is 127. The van der Waals surface area contributed by atoms with Gasteiger partial charge in [0.1, 0.15) is 12.1 Å². The number of carbonyl (C=O) groups is 2. The number of rotatable bonds is 12. The van der Waals surface area contributed by atoms with Crippen LogP contribution < -0.4 is 27.2 Å². The van der Waals surface area contributed by atoms with Gasteiger partial charge in [-0.15, -0.1) is 0 Å². The molecule has 0 fully saturated rings. The Labute approximate surface area is 206 Å². The van der Waals surface area contributed by atoms with Crippen molar-refractivity contribution in [3.63, 3.8) is 0 Å². The van der Waals surface area contributed by atoms with Crippen LogP contribution >= 0.6 is 22.6 Å². The molecule has 33 heavy (non-hydrogen) atoms. The standard InChI is InChI=1S/C21H27IN6O4S/c22-15-8-10-16(11-9-15)33(31,32)28-17(7-4-12-26-21(24)25)20(30)27-18(19(23)29)13-14-5-2-1-3-6-14/h1-3,5-6,8-11,17-18,28H,4,7,12-13H2,(H2,23,29)(H,27,30)(H4,24,25,26)/t17-,18-/m0/s1. The number of benzene rings is 2. The van der Waals surface area contributed by atoms with Gasteiger partial charge >= 0.3 is 0 Å². The van der Waals surface area contributed by atoms with Crippen LogP contribution in [-0.2, 0) is 26.0 Å². The van der Waals surface area contributed by atoms with Gasteiger partial charge in [0.05, 0.1) is 4.90 Å². The summed E-state index contributed by atoms with van der Waals surface area (Å²) < 4.78 is 29.0. The molecule has 12 heteroatoms. The van der Waals surface area contributed by atoms with E-state index >= 15 is 0 Å². The molecule has 0 heterocycles. The number of halogens is 1. The number of aliphatic imine (C=N–C) groups is 1. The van der Waals surface area contributed by atoms with Gasteiger partial charge in [0, 0.05) is 16.5 Å². The van der Waals surface area contributed by atoms with Crippen molar-refractivity contribution >= 4 is 50.4 Å². The van der Waals surface area contributed by atoms with E-state index in [1.807, 2.05) is 6.07 Å². The Kier molecular flexibility index (Phi) is 10.1. The Morgan fingerprint density at radius 3 is 2.18 bits per heavy atom. The fourth-order valence-corrected chi connectivity index (χ4v) is 4.55. The summed E-state index contributed by atoms with van der Waals surface area (Å²) in [6, 6.07) is 13.0. The van der Waals surface area contributed by atoms with Crippen molar-refractivity contribution in [2.75, 3.05) is 6.54 Å². The van der Waals surface area contributed by atoms with E-state index < -0.39 is 33.9 Å². The lowest BCUT2D eigenvalue weighted by Gasteiger charge is -2.22. The van der Waals surface area contributed by atoms with Gasteiger partial charge in [0.15, 0.2) is 5.96 Å². The number of sulfonamides is 1. The molecule has 0 aliphatic heterocycles. The van der Waals surface area contributed by atoms with Crippen LogP contribution in [-0.4, -0.2) is 44.8 Å². The van der Waals surface area contributed by atoms with E-state index in [2.05, 4.69) is 37.6 Å². The Hall–Kier alpha value is -2.71. The van der Waals surface area contributed by atoms with Gasteiger partial charge in [0.25, 0.3) is 0 Å². The lowest BCUT2D eigenvalue weighted by atomic mass is 10.0. The molecule has 0 saturated carbocycles. The third-order valence-electron chi connectivity index (χ3n) is 4.63. The molecule has 2 aromatic rings. The van der Waals surface area contributed by atoms with E-state index in [-0.39, 0.29) is 30.2 Å². The SMILES string of the molecule is NC(=O)[C@H](Cc1ccccc1)NC(=O)[C@H](CCCN=C(N)N)NS(=O)(=O)c1ccc(I)cc1. The maximum absolute atomic E-state index is 13.0. The first-order valence-electron chi connectivity index (χ1n) is 10.1. The molecule has 0 bridgehead atoms. The van der Waals surface area contributed by atoms with Crippen molar-refractivity contribution in [1.82, 2.24) is 10.0 Å². The minimum Gasteiger partial charge on any atom is -0.370 e. The van der Waals surface area contributed by atoms with E-state index in [0.29, 0.717) is 6.42 Å². The van der Waals surface area contributed by atoms with E-state index in [1.54, 1.807) is 36.4 Å². The highest BCUT2D eigenvalue weighted by molar-refractivity contribution is 14.1. The van der Waals surface area contributed by atoms with Crippen LogP contribution in [0.15, 0.2) is 64.5 Å². The maximum Gasteiger partial charge on any atom is 0.241 e. The molecule has 2 rings (SSSR count). The number of hydrogen-bond acceptors (Lipinski definition) is 5. The van der Waals surface area contributed by atoms with Gasteiger partial charge in [-0.2, -0.15) is 4.72 Å². The van der Waals surface area contributed by atoms with Crippen LogP contribution in [0.3, 0.4) is 0 Å². The first kappa shape index (κ1) is 26.5. The molecule has 0 spiro atoms. The van der Waals surface area contributed by atoms with E-state index in [4.69, 9.17) is 17.2 Å². The van der Waals surface area contributed by atoms with Gasteiger partial charge in [-0.25, -0.2) is 8.42 Å². The van der Waals surface area contributed by atoms with Crippen LogP contribution in [0.25, 0.3) is 0 Å². The zero-order valence-corrected chi connectivity index (χ0v) is 20.8. The van der Waals surface area contributed by atoms with Gasteiger partial charge in [0.2, 0.25) is 21.8 Å². The van der Waals surface area contributed by atoms with Crippen molar-refractivity contribution in [2.45, 2.75) is 36.2 Å². The number of nitrogens with zero attached hydrogens (tertiary/aromatic N) is 1. The first-order valence-corrected chi connectivity index (χ1v) is 12.6. The Balaban J connectivity index is 2.19. The summed E-state index contributed by atoms with van der Waals surface area (Å²) in [6.07, 6.45) is 0.598. The summed E-state index contributed by atoms with van der Waals surface area (Å²) in [5, 5.41) is 2.57. The normalized spacial score (nSPS) is 13.0. The average Bonchev–Trinajstić information content (AvgIpc) is 2.76. The van der Waals surface area contributed by atoms with E-state index in [0.717, 1.165) is 9.13 Å².